The predicted octanol–water partition coefficient (Wildman–Crippen LogP) is 5.49. The van der Waals surface area contributed by atoms with Crippen LogP contribution >= 0.6 is 12.6 Å². The van der Waals surface area contributed by atoms with Crippen molar-refractivity contribution in [1.82, 2.24) is 0 Å². The van der Waals surface area contributed by atoms with Crippen molar-refractivity contribution in [3.63, 3.8) is 0 Å². The van der Waals surface area contributed by atoms with Crippen molar-refractivity contribution in [1.29, 1.82) is 0 Å². The van der Waals surface area contributed by atoms with E-state index in [0.717, 1.165) is 5.75 Å². The molecule has 0 amide bonds. The number of unbranched alkanes of at least 4 members (excludes halogenated alkanes) is 5. The van der Waals surface area contributed by atoms with Crippen molar-refractivity contribution in [2.24, 2.45) is 5.92 Å². The second kappa shape index (κ2) is 11.2. The molecule has 0 aliphatic heterocycles. The molecule has 0 spiro atoms. The number of hydrogen-bond donors (Lipinski definition) is 1. The van der Waals surface area contributed by atoms with Crippen LogP contribution in [0.5, 0.6) is 0 Å². The average Bonchev–Trinajstić information content (AvgIpc) is 2.36. The van der Waals surface area contributed by atoms with Crippen molar-refractivity contribution in [3.05, 3.63) is 0 Å². The van der Waals surface area contributed by atoms with E-state index in [1.54, 1.807) is 0 Å². The Morgan fingerprint density at radius 3 is 2.06 bits per heavy atom. The normalized spacial score (nSPS) is 13.8. The summed E-state index contributed by atoms with van der Waals surface area (Å²) in [5.74, 6) is 1.67. The van der Waals surface area contributed by atoms with Crippen LogP contribution in [0.2, 0.25) is 0 Å². The lowest BCUT2D eigenvalue weighted by Crippen LogP contribution is -2.33. The Morgan fingerprint density at radius 1 is 0.944 bits per heavy atom. The first-order valence-corrected chi connectivity index (χ1v) is 8.37. The molecule has 0 radical (unpaired) electrons. The van der Waals surface area contributed by atoms with Gasteiger partial charge in [0.2, 0.25) is 0 Å². The van der Waals surface area contributed by atoms with Gasteiger partial charge in [-0.25, -0.2) is 0 Å². The van der Waals surface area contributed by atoms with E-state index in [-0.39, 0.29) is 5.60 Å². The summed E-state index contributed by atoms with van der Waals surface area (Å²) < 4.78 is 5.67. The van der Waals surface area contributed by atoms with Crippen LogP contribution in [0.15, 0.2) is 0 Å². The Balaban J connectivity index is 3.87. The third kappa shape index (κ3) is 8.42. The molecular formula is C16H34OS. The molecular weight excluding hydrogens is 240 g/mol. The number of methoxy groups -OCH3 is 1. The maximum absolute atomic E-state index is 5.67. The fourth-order valence-electron chi connectivity index (χ4n) is 2.51. The highest BCUT2D eigenvalue weighted by Gasteiger charge is 2.27. The van der Waals surface area contributed by atoms with Gasteiger partial charge in [0.25, 0.3) is 0 Å². The topological polar surface area (TPSA) is 9.23 Å². The Kier molecular flexibility index (Phi) is 11.4. The third-order valence-corrected chi connectivity index (χ3v) is 4.44. The summed E-state index contributed by atoms with van der Waals surface area (Å²) in [6, 6.07) is 0. The minimum absolute atomic E-state index is 0.0202. The van der Waals surface area contributed by atoms with E-state index in [1.807, 2.05) is 7.11 Å². The molecule has 0 bridgehead atoms. The summed E-state index contributed by atoms with van der Waals surface area (Å²) in [6.45, 7) is 6.73. The zero-order valence-corrected chi connectivity index (χ0v) is 13.9. The number of thiol groups is 1. The number of ether oxygens (including phenoxy) is 1. The van der Waals surface area contributed by atoms with Crippen LogP contribution in [-0.4, -0.2) is 18.5 Å². The fourth-order valence-corrected chi connectivity index (χ4v) is 2.70. The molecule has 0 fully saturated rings. The molecule has 0 aromatic rings. The van der Waals surface area contributed by atoms with Gasteiger partial charge in [-0.3, -0.25) is 0 Å². The quantitative estimate of drug-likeness (QED) is 0.366. The maximum atomic E-state index is 5.67. The van der Waals surface area contributed by atoms with E-state index in [2.05, 4.69) is 33.4 Å². The Bertz CT molecular complexity index is 180. The van der Waals surface area contributed by atoms with Crippen LogP contribution in [0.3, 0.4) is 0 Å². The van der Waals surface area contributed by atoms with E-state index in [1.165, 1.54) is 57.8 Å². The van der Waals surface area contributed by atoms with Gasteiger partial charge in [0.1, 0.15) is 0 Å². The van der Waals surface area contributed by atoms with Crippen LogP contribution in [0.1, 0.15) is 78.6 Å². The lowest BCUT2D eigenvalue weighted by Gasteiger charge is -2.33. The summed E-state index contributed by atoms with van der Waals surface area (Å²) >= 11 is 4.33. The van der Waals surface area contributed by atoms with Crippen LogP contribution in [-0.2, 0) is 4.74 Å². The van der Waals surface area contributed by atoms with Gasteiger partial charge in [-0.05, 0) is 44.8 Å². The van der Waals surface area contributed by atoms with E-state index in [9.17, 15) is 0 Å². The first-order chi connectivity index (χ1) is 8.58. The van der Waals surface area contributed by atoms with Gasteiger partial charge < -0.3 is 4.74 Å². The van der Waals surface area contributed by atoms with Crippen LogP contribution < -0.4 is 0 Å². The largest absolute Gasteiger partial charge is 0.379 e. The SMILES string of the molecule is CCCCCCCCC(CCCS)C(C)(C)OC. The first-order valence-electron chi connectivity index (χ1n) is 7.74. The van der Waals surface area contributed by atoms with E-state index in [0.29, 0.717) is 5.92 Å². The van der Waals surface area contributed by atoms with E-state index < -0.39 is 0 Å². The highest BCUT2D eigenvalue weighted by molar-refractivity contribution is 7.80. The summed E-state index contributed by atoms with van der Waals surface area (Å²) in [5, 5.41) is 0. The first kappa shape index (κ1) is 18.3. The van der Waals surface area contributed by atoms with Gasteiger partial charge in [0.05, 0.1) is 5.60 Å². The van der Waals surface area contributed by atoms with Gasteiger partial charge in [-0.1, -0.05) is 45.4 Å². The second-order valence-electron chi connectivity index (χ2n) is 5.93. The Labute approximate surface area is 120 Å². The summed E-state index contributed by atoms with van der Waals surface area (Å²) in [7, 11) is 1.84. The third-order valence-electron chi connectivity index (χ3n) is 4.13. The van der Waals surface area contributed by atoms with E-state index in [4.69, 9.17) is 4.74 Å². The van der Waals surface area contributed by atoms with Crippen LogP contribution in [0.4, 0.5) is 0 Å². The molecule has 0 aromatic carbocycles. The van der Waals surface area contributed by atoms with Crippen molar-refractivity contribution < 1.29 is 4.74 Å². The molecule has 0 aliphatic carbocycles. The van der Waals surface area contributed by atoms with Crippen LogP contribution in [0, 0.1) is 5.92 Å². The van der Waals surface area contributed by atoms with Crippen molar-refractivity contribution >= 4 is 12.6 Å². The monoisotopic (exact) mass is 274 g/mol. The molecule has 0 N–H and O–H groups in total. The van der Waals surface area contributed by atoms with Crippen molar-refractivity contribution in [2.75, 3.05) is 12.9 Å². The number of rotatable bonds is 12. The molecule has 0 rings (SSSR count). The lowest BCUT2D eigenvalue weighted by molar-refractivity contribution is -0.0346. The van der Waals surface area contributed by atoms with Crippen molar-refractivity contribution in [3.8, 4) is 0 Å². The van der Waals surface area contributed by atoms with Gasteiger partial charge in [-0.2, -0.15) is 12.6 Å². The average molecular weight is 275 g/mol. The lowest BCUT2D eigenvalue weighted by atomic mass is 9.83. The predicted molar refractivity (Wildman–Crippen MR) is 85.7 cm³/mol. The molecule has 1 nitrogen and oxygen atoms in total. The summed E-state index contributed by atoms with van der Waals surface area (Å²) in [5.41, 5.74) is 0.0202. The van der Waals surface area contributed by atoms with Gasteiger partial charge in [-0.15, -0.1) is 0 Å². The van der Waals surface area contributed by atoms with Gasteiger partial charge in [0, 0.05) is 7.11 Å². The Morgan fingerprint density at radius 2 is 1.50 bits per heavy atom. The zero-order valence-electron chi connectivity index (χ0n) is 13.0. The standard InChI is InChI=1S/C16H34OS/c1-5-6-7-8-9-10-12-15(13-11-14-18)16(2,3)17-4/h15,18H,5-14H2,1-4H3. The highest BCUT2D eigenvalue weighted by Crippen LogP contribution is 2.30. The van der Waals surface area contributed by atoms with Crippen molar-refractivity contribution in [2.45, 2.75) is 84.2 Å². The maximum Gasteiger partial charge on any atom is 0.0650 e. The molecule has 0 saturated carbocycles. The van der Waals surface area contributed by atoms with Gasteiger partial charge >= 0.3 is 0 Å². The minimum atomic E-state index is 0.0202. The molecule has 0 aliphatic rings. The van der Waals surface area contributed by atoms with E-state index >= 15 is 0 Å². The van der Waals surface area contributed by atoms with Crippen LogP contribution in [0.25, 0.3) is 0 Å². The smallest absolute Gasteiger partial charge is 0.0650 e. The summed E-state index contributed by atoms with van der Waals surface area (Å²) in [4.78, 5) is 0. The second-order valence-corrected chi connectivity index (χ2v) is 6.37. The van der Waals surface area contributed by atoms with Gasteiger partial charge in [0.15, 0.2) is 0 Å². The highest BCUT2D eigenvalue weighted by atomic mass is 32.1. The molecule has 1 atom stereocenters. The summed E-state index contributed by atoms with van der Waals surface area (Å²) in [6.07, 6.45) is 12.0. The Hall–Kier alpha value is 0.310. The number of hydrogen-bond acceptors (Lipinski definition) is 2. The molecule has 0 heterocycles. The molecule has 1 unspecified atom stereocenters. The molecule has 110 valence electrons. The molecule has 18 heavy (non-hydrogen) atoms. The fraction of sp³-hybridized carbons (Fsp3) is 1.00. The molecule has 0 aromatic heterocycles. The zero-order chi connectivity index (χ0) is 13.9. The minimum Gasteiger partial charge on any atom is -0.379 e. The molecule has 2 heteroatoms. The molecule has 0 saturated heterocycles.